The predicted molar refractivity (Wildman–Crippen MR) is 147 cm³/mol. The highest BCUT2D eigenvalue weighted by molar-refractivity contribution is 6.06. The van der Waals surface area contributed by atoms with Crippen molar-refractivity contribution < 1.29 is 19.0 Å². The van der Waals surface area contributed by atoms with Gasteiger partial charge in [-0.15, -0.1) is 0 Å². The fraction of sp³-hybridized carbons (Fsp3) is 0.226. The van der Waals surface area contributed by atoms with Gasteiger partial charge in [0.15, 0.2) is 11.5 Å². The van der Waals surface area contributed by atoms with Crippen molar-refractivity contribution in [2.45, 2.75) is 13.1 Å². The molecule has 1 saturated heterocycles. The Bertz CT molecular complexity index is 1660. The van der Waals surface area contributed by atoms with E-state index >= 15 is 0 Å². The zero-order valence-electron chi connectivity index (χ0n) is 21.5. The van der Waals surface area contributed by atoms with Crippen LogP contribution in [-0.4, -0.2) is 58.0 Å². The van der Waals surface area contributed by atoms with Gasteiger partial charge < -0.3 is 28.2 Å². The van der Waals surface area contributed by atoms with Gasteiger partial charge in [-0.25, -0.2) is 4.98 Å². The van der Waals surface area contributed by atoms with Crippen molar-refractivity contribution in [2.75, 3.05) is 33.1 Å². The molecule has 0 bridgehead atoms. The lowest BCUT2D eigenvalue weighted by Crippen LogP contribution is -2.40. The van der Waals surface area contributed by atoms with Crippen LogP contribution < -0.4 is 9.47 Å². The maximum Gasteiger partial charge on any atom is 0.256 e. The number of hydrogen-bond acceptors (Lipinski definition) is 5. The lowest BCUT2D eigenvalue weighted by Gasteiger charge is -2.27. The zero-order chi connectivity index (χ0) is 26.2. The molecule has 1 fully saturated rings. The first-order chi connectivity index (χ1) is 19.2. The van der Waals surface area contributed by atoms with Gasteiger partial charge in [-0.2, -0.15) is 0 Å². The first kappa shape index (κ1) is 23.5. The predicted octanol–water partition coefficient (Wildman–Crippen LogP) is 4.80. The van der Waals surface area contributed by atoms with E-state index in [0.29, 0.717) is 45.0 Å². The number of carbonyl (C=O) groups excluding carboxylic acids is 1. The van der Waals surface area contributed by atoms with Crippen LogP contribution in [0.1, 0.15) is 21.6 Å². The van der Waals surface area contributed by atoms with E-state index in [9.17, 15) is 4.79 Å². The minimum atomic E-state index is 0.0360. The summed E-state index contributed by atoms with van der Waals surface area (Å²) >= 11 is 0. The molecule has 5 aromatic rings. The van der Waals surface area contributed by atoms with Crippen LogP contribution in [0.3, 0.4) is 0 Å². The molecule has 0 radical (unpaired) electrons. The van der Waals surface area contributed by atoms with Crippen LogP contribution in [-0.2, 0) is 17.8 Å². The number of aromatic nitrogens is 3. The number of rotatable bonds is 6. The minimum absolute atomic E-state index is 0.0360. The number of morpholine rings is 1. The van der Waals surface area contributed by atoms with Crippen LogP contribution in [0.5, 0.6) is 11.5 Å². The van der Waals surface area contributed by atoms with Crippen LogP contribution in [0.4, 0.5) is 0 Å². The third-order valence-electron chi connectivity index (χ3n) is 7.42. The molecule has 0 N–H and O–H groups in total. The summed E-state index contributed by atoms with van der Waals surface area (Å²) in [5, 5.41) is 2.27. The lowest BCUT2D eigenvalue weighted by atomic mass is 9.97. The molecule has 3 aromatic carbocycles. The summed E-state index contributed by atoms with van der Waals surface area (Å²) < 4.78 is 20.7. The molecule has 0 unspecified atom stereocenters. The van der Waals surface area contributed by atoms with Crippen LogP contribution >= 0.6 is 0 Å². The Balaban J connectivity index is 1.24. The topological polar surface area (TPSA) is 70.8 Å². The summed E-state index contributed by atoms with van der Waals surface area (Å²) in [4.78, 5) is 20.1. The lowest BCUT2D eigenvalue weighted by molar-refractivity contribution is 0.0303. The second-order valence-electron chi connectivity index (χ2n) is 9.89. The number of fused-ring (bicyclic) bond motifs is 2. The monoisotopic (exact) mass is 520 g/mol. The van der Waals surface area contributed by atoms with E-state index in [1.807, 2.05) is 54.0 Å². The third-order valence-corrected chi connectivity index (χ3v) is 7.42. The molecule has 2 aromatic heterocycles. The molecule has 2 aliphatic heterocycles. The molecule has 0 saturated carbocycles. The summed E-state index contributed by atoms with van der Waals surface area (Å²) in [5.41, 5.74) is 4.83. The molecule has 196 valence electrons. The second kappa shape index (κ2) is 9.96. The zero-order valence-corrected chi connectivity index (χ0v) is 21.5. The smallest absolute Gasteiger partial charge is 0.256 e. The van der Waals surface area contributed by atoms with Crippen LogP contribution in [0.15, 0.2) is 85.6 Å². The van der Waals surface area contributed by atoms with Crippen molar-refractivity contribution >= 4 is 16.7 Å². The molecule has 0 spiro atoms. The van der Waals surface area contributed by atoms with Crippen molar-refractivity contribution in [3.63, 3.8) is 0 Å². The molecule has 4 heterocycles. The Morgan fingerprint density at radius 2 is 1.72 bits per heavy atom. The van der Waals surface area contributed by atoms with Gasteiger partial charge >= 0.3 is 0 Å². The highest BCUT2D eigenvalue weighted by atomic mass is 16.7. The van der Waals surface area contributed by atoms with E-state index in [-0.39, 0.29) is 12.7 Å². The summed E-state index contributed by atoms with van der Waals surface area (Å²) in [6, 6.07) is 20.6. The van der Waals surface area contributed by atoms with Gasteiger partial charge in [-0.1, -0.05) is 48.5 Å². The maximum absolute atomic E-state index is 13.8. The van der Waals surface area contributed by atoms with Gasteiger partial charge in [-0.3, -0.25) is 4.79 Å². The average Bonchev–Trinajstić information content (AvgIpc) is 3.73. The summed E-state index contributed by atoms with van der Waals surface area (Å²) in [5.74, 6) is 1.58. The number of benzene rings is 3. The Morgan fingerprint density at radius 1 is 0.872 bits per heavy atom. The normalized spacial score (nSPS) is 14.7. The third kappa shape index (κ3) is 4.53. The van der Waals surface area contributed by atoms with Gasteiger partial charge in [0, 0.05) is 43.8 Å². The fourth-order valence-electron chi connectivity index (χ4n) is 5.43. The van der Waals surface area contributed by atoms with Crippen LogP contribution in [0, 0.1) is 0 Å². The van der Waals surface area contributed by atoms with E-state index in [0.717, 1.165) is 44.7 Å². The molecular weight excluding hydrogens is 492 g/mol. The number of nitrogens with zero attached hydrogens (tertiary/aromatic N) is 4. The Kier molecular flexibility index (Phi) is 6.01. The second-order valence-corrected chi connectivity index (χ2v) is 9.89. The molecule has 7 rings (SSSR count). The van der Waals surface area contributed by atoms with Crippen molar-refractivity contribution in [1.82, 2.24) is 19.0 Å². The van der Waals surface area contributed by atoms with Gasteiger partial charge in [0.25, 0.3) is 5.91 Å². The molecule has 8 nitrogen and oxygen atoms in total. The number of amides is 1. The highest BCUT2D eigenvalue weighted by Crippen LogP contribution is 2.34. The van der Waals surface area contributed by atoms with E-state index in [4.69, 9.17) is 14.2 Å². The van der Waals surface area contributed by atoms with E-state index in [1.165, 1.54) is 0 Å². The molecule has 2 aliphatic rings. The first-order valence-electron chi connectivity index (χ1n) is 13.2. The Morgan fingerprint density at radius 3 is 2.64 bits per heavy atom. The molecule has 1 amide bonds. The van der Waals surface area contributed by atoms with E-state index < -0.39 is 0 Å². The summed E-state index contributed by atoms with van der Waals surface area (Å²) in [6.45, 7) is 3.82. The number of carbonyl (C=O) groups is 1. The largest absolute Gasteiger partial charge is 0.454 e. The van der Waals surface area contributed by atoms with Crippen LogP contribution in [0.2, 0.25) is 0 Å². The molecule has 0 atom stereocenters. The molecule has 0 aliphatic carbocycles. The van der Waals surface area contributed by atoms with Crippen molar-refractivity contribution in [2.24, 2.45) is 0 Å². The summed E-state index contributed by atoms with van der Waals surface area (Å²) in [7, 11) is 0. The van der Waals surface area contributed by atoms with Gasteiger partial charge in [0.1, 0.15) is 0 Å². The van der Waals surface area contributed by atoms with Crippen molar-refractivity contribution in [1.29, 1.82) is 0 Å². The Labute approximate surface area is 226 Å². The first-order valence-corrected chi connectivity index (χ1v) is 13.2. The van der Waals surface area contributed by atoms with Gasteiger partial charge in [0.2, 0.25) is 6.79 Å². The number of hydrogen-bond donors (Lipinski definition) is 0. The Hall–Kier alpha value is -4.56. The van der Waals surface area contributed by atoms with E-state index in [2.05, 4.69) is 50.6 Å². The SMILES string of the molecule is O=C(c1cn(Cc2cncn2Cc2ccc3c(c2)OCO3)cc1-c1cccc2ccccc12)N1CCOCC1. The highest BCUT2D eigenvalue weighted by Gasteiger charge is 2.24. The van der Waals surface area contributed by atoms with Crippen molar-refractivity contribution in [3.8, 4) is 22.6 Å². The minimum Gasteiger partial charge on any atom is -0.454 e. The summed E-state index contributed by atoms with van der Waals surface area (Å²) in [6.07, 6.45) is 7.79. The average molecular weight is 521 g/mol. The molecule has 39 heavy (non-hydrogen) atoms. The number of ether oxygens (including phenoxy) is 3. The van der Waals surface area contributed by atoms with E-state index in [1.54, 1.807) is 0 Å². The molecule has 8 heteroatoms. The van der Waals surface area contributed by atoms with Gasteiger partial charge in [0.05, 0.1) is 37.3 Å². The van der Waals surface area contributed by atoms with Crippen LogP contribution in [0.25, 0.3) is 21.9 Å². The fourth-order valence-corrected chi connectivity index (χ4v) is 5.43. The maximum atomic E-state index is 13.8. The van der Waals surface area contributed by atoms with Gasteiger partial charge in [-0.05, 0) is 34.0 Å². The quantitative estimate of drug-likeness (QED) is 0.322. The van der Waals surface area contributed by atoms with Crippen molar-refractivity contribution in [3.05, 3.63) is 102 Å². The standard InChI is InChI=1S/C31H28N4O4/c36-31(34-10-12-37-13-11-34)28-19-33(18-27(28)26-7-3-5-23-4-1-2-6-25(23)26)17-24-15-32-20-35(24)16-22-8-9-29-30(14-22)39-21-38-29/h1-9,14-15,18-20H,10-13,16-17,21H2. The number of imidazole rings is 1. The molecular formula is C31H28N4O4.